The van der Waals surface area contributed by atoms with Crippen LogP contribution in [0.25, 0.3) is 0 Å². The van der Waals surface area contributed by atoms with Gasteiger partial charge in [0.2, 0.25) is 0 Å². The van der Waals surface area contributed by atoms with Crippen molar-refractivity contribution in [3.63, 3.8) is 0 Å². The number of methoxy groups -OCH3 is 2. The Labute approximate surface area is 122 Å². The second-order valence-electron chi connectivity index (χ2n) is 5.15. The molecule has 0 aliphatic rings. The van der Waals surface area contributed by atoms with Gasteiger partial charge in [0.15, 0.2) is 11.5 Å². The van der Waals surface area contributed by atoms with Crippen molar-refractivity contribution in [3.8, 4) is 11.5 Å². The summed E-state index contributed by atoms with van der Waals surface area (Å²) in [5, 5.41) is 13.1. The molecule has 1 rings (SSSR count). The maximum atomic E-state index is 9.72. The van der Waals surface area contributed by atoms with Gasteiger partial charge in [-0.3, -0.25) is 0 Å². The third-order valence-electron chi connectivity index (χ3n) is 3.31. The van der Waals surface area contributed by atoms with Crippen molar-refractivity contribution in [2.75, 3.05) is 20.8 Å². The van der Waals surface area contributed by atoms with Gasteiger partial charge in [-0.2, -0.15) is 0 Å². The van der Waals surface area contributed by atoms with Crippen molar-refractivity contribution in [2.24, 2.45) is 0 Å². The first kappa shape index (κ1) is 16.8. The molecule has 0 radical (unpaired) electrons. The van der Waals surface area contributed by atoms with Gasteiger partial charge in [-0.25, -0.2) is 0 Å². The summed E-state index contributed by atoms with van der Waals surface area (Å²) >= 11 is 0. The molecule has 0 saturated heterocycles. The van der Waals surface area contributed by atoms with E-state index < -0.39 is 0 Å². The molecule has 1 aromatic carbocycles. The summed E-state index contributed by atoms with van der Waals surface area (Å²) in [5.74, 6) is 1.50. The van der Waals surface area contributed by atoms with E-state index in [-0.39, 0.29) is 6.10 Å². The quantitative estimate of drug-likeness (QED) is 0.730. The first-order chi connectivity index (χ1) is 9.60. The van der Waals surface area contributed by atoms with E-state index in [2.05, 4.69) is 19.2 Å². The maximum Gasteiger partial charge on any atom is 0.160 e. The number of aliphatic hydroxyl groups is 1. The van der Waals surface area contributed by atoms with Gasteiger partial charge >= 0.3 is 0 Å². The average Bonchev–Trinajstić information content (AvgIpc) is 2.45. The summed E-state index contributed by atoms with van der Waals surface area (Å²) in [7, 11) is 3.28. The van der Waals surface area contributed by atoms with Gasteiger partial charge in [0.05, 0.1) is 20.3 Å². The van der Waals surface area contributed by atoms with Crippen molar-refractivity contribution < 1.29 is 14.6 Å². The Morgan fingerprint density at radius 1 is 1.20 bits per heavy atom. The highest BCUT2D eigenvalue weighted by Gasteiger charge is 2.09. The Hall–Kier alpha value is -1.26. The predicted molar refractivity (Wildman–Crippen MR) is 81.6 cm³/mol. The van der Waals surface area contributed by atoms with E-state index in [9.17, 15) is 5.11 Å². The van der Waals surface area contributed by atoms with Crippen LogP contribution in [0.1, 0.15) is 32.3 Å². The molecule has 1 aromatic rings. The normalized spacial score (nSPS) is 13.8. The standard InChI is InChI=1S/C16H27NO3/c1-5-6-14(18)11-17-12(2)9-13-7-8-15(19-3)16(10-13)20-4/h7-8,10,12,14,17-18H,5-6,9,11H2,1-4H3. The Morgan fingerprint density at radius 3 is 2.50 bits per heavy atom. The maximum absolute atomic E-state index is 9.72. The zero-order valence-corrected chi connectivity index (χ0v) is 13.0. The molecule has 114 valence electrons. The average molecular weight is 281 g/mol. The Kier molecular flexibility index (Phi) is 7.41. The molecule has 0 saturated carbocycles. The van der Waals surface area contributed by atoms with Crippen molar-refractivity contribution >= 4 is 0 Å². The summed E-state index contributed by atoms with van der Waals surface area (Å²) < 4.78 is 10.5. The fraction of sp³-hybridized carbons (Fsp3) is 0.625. The molecule has 0 fully saturated rings. The van der Waals surface area contributed by atoms with Crippen molar-refractivity contribution in [3.05, 3.63) is 23.8 Å². The topological polar surface area (TPSA) is 50.7 Å². The third-order valence-corrected chi connectivity index (χ3v) is 3.31. The first-order valence-corrected chi connectivity index (χ1v) is 7.23. The molecule has 0 aliphatic carbocycles. The number of benzene rings is 1. The smallest absolute Gasteiger partial charge is 0.160 e. The van der Waals surface area contributed by atoms with Crippen LogP contribution in [-0.2, 0) is 6.42 Å². The lowest BCUT2D eigenvalue weighted by Crippen LogP contribution is -2.35. The highest BCUT2D eigenvalue weighted by atomic mass is 16.5. The van der Waals surface area contributed by atoms with Crippen molar-refractivity contribution in [1.82, 2.24) is 5.32 Å². The number of ether oxygens (including phenoxy) is 2. The van der Waals surface area contributed by atoms with Crippen LogP contribution < -0.4 is 14.8 Å². The monoisotopic (exact) mass is 281 g/mol. The number of hydrogen-bond acceptors (Lipinski definition) is 4. The number of rotatable bonds is 9. The van der Waals surface area contributed by atoms with Gasteiger partial charge < -0.3 is 19.9 Å². The molecule has 0 aliphatic heterocycles. The van der Waals surface area contributed by atoms with E-state index in [1.807, 2.05) is 18.2 Å². The van der Waals surface area contributed by atoms with Crippen molar-refractivity contribution in [2.45, 2.75) is 45.3 Å². The number of nitrogens with one attached hydrogen (secondary N) is 1. The second kappa shape index (κ2) is 8.82. The molecule has 20 heavy (non-hydrogen) atoms. The molecule has 2 atom stereocenters. The van der Waals surface area contributed by atoms with Crippen LogP contribution in [0.15, 0.2) is 18.2 Å². The lowest BCUT2D eigenvalue weighted by atomic mass is 10.1. The van der Waals surface area contributed by atoms with Crippen LogP contribution in [0.2, 0.25) is 0 Å². The molecule has 0 spiro atoms. The van der Waals surface area contributed by atoms with E-state index in [0.717, 1.165) is 30.8 Å². The van der Waals surface area contributed by atoms with E-state index in [1.165, 1.54) is 5.56 Å². The van der Waals surface area contributed by atoms with Gasteiger partial charge in [0.25, 0.3) is 0 Å². The van der Waals surface area contributed by atoms with Gasteiger partial charge in [-0.15, -0.1) is 0 Å². The van der Waals surface area contributed by atoms with E-state index in [0.29, 0.717) is 12.6 Å². The Balaban J connectivity index is 2.51. The van der Waals surface area contributed by atoms with Crippen molar-refractivity contribution in [1.29, 1.82) is 0 Å². The summed E-state index contributed by atoms with van der Waals surface area (Å²) in [4.78, 5) is 0. The van der Waals surface area contributed by atoms with Crippen LogP contribution >= 0.6 is 0 Å². The minimum absolute atomic E-state index is 0.257. The molecule has 2 unspecified atom stereocenters. The molecule has 4 heteroatoms. The molecule has 0 amide bonds. The summed E-state index contributed by atoms with van der Waals surface area (Å²) in [6.45, 7) is 4.84. The zero-order valence-electron chi connectivity index (χ0n) is 13.0. The fourth-order valence-corrected chi connectivity index (χ4v) is 2.21. The zero-order chi connectivity index (χ0) is 15.0. The molecule has 0 bridgehead atoms. The van der Waals surface area contributed by atoms with Gasteiger partial charge in [0.1, 0.15) is 0 Å². The SMILES string of the molecule is CCCC(O)CNC(C)Cc1ccc(OC)c(OC)c1. The van der Waals surface area contributed by atoms with E-state index in [1.54, 1.807) is 14.2 Å². The summed E-state index contributed by atoms with van der Waals surface area (Å²) in [5.41, 5.74) is 1.19. The lowest BCUT2D eigenvalue weighted by molar-refractivity contribution is 0.157. The lowest BCUT2D eigenvalue weighted by Gasteiger charge is -2.17. The first-order valence-electron chi connectivity index (χ1n) is 7.23. The van der Waals surface area contributed by atoms with Crippen LogP contribution in [0, 0.1) is 0 Å². The van der Waals surface area contributed by atoms with E-state index >= 15 is 0 Å². The van der Waals surface area contributed by atoms with Gasteiger partial charge in [-0.1, -0.05) is 19.4 Å². The molecule has 0 heterocycles. The third kappa shape index (κ3) is 5.39. The van der Waals surface area contributed by atoms with Crippen LogP contribution in [0.3, 0.4) is 0 Å². The second-order valence-corrected chi connectivity index (χ2v) is 5.15. The highest BCUT2D eigenvalue weighted by molar-refractivity contribution is 5.43. The highest BCUT2D eigenvalue weighted by Crippen LogP contribution is 2.27. The Morgan fingerprint density at radius 2 is 1.90 bits per heavy atom. The largest absolute Gasteiger partial charge is 0.493 e. The van der Waals surface area contributed by atoms with Gasteiger partial charge in [0, 0.05) is 12.6 Å². The predicted octanol–water partition coefficient (Wildman–Crippen LogP) is 2.39. The fourth-order valence-electron chi connectivity index (χ4n) is 2.21. The summed E-state index contributed by atoms with van der Waals surface area (Å²) in [6, 6.07) is 6.27. The molecular weight excluding hydrogens is 254 g/mol. The number of aliphatic hydroxyl groups excluding tert-OH is 1. The van der Waals surface area contributed by atoms with Gasteiger partial charge in [-0.05, 0) is 37.5 Å². The van der Waals surface area contributed by atoms with Crippen LogP contribution in [0.4, 0.5) is 0 Å². The van der Waals surface area contributed by atoms with Crippen LogP contribution in [0.5, 0.6) is 11.5 Å². The molecule has 0 aromatic heterocycles. The minimum Gasteiger partial charge on any atom is -0.493 e. The van der Waals surface area contributed by atoms with E-state index in [4.69, 9.17) is 9.47 Å². The summed E-state index contributed by atoms with van der Waals surface area (Å²) in [6.07, 6.45) is 2.48. The van der Waals surface area contributed by atoms with Crippen LogP contribution in [-0.4, -0.2) is 38.0 Å². The molecular formula is C16H27NO3. The Bertz CT molecular complexity index is 395. The minimum atomic E-state index is -0.257. The number of hydrogen-bond donors (Lipinski definition) is 2. The molecule has 2 N–H and O–H groups in total. The molecule has 4 nitrogen and oxygen atoms in total.